The first kappa shape index (κ1) is 14.9. The van der Waals surface area contributed by atoms with Gasteiger partial charge in [0.1, 0.15) is 16.9 Å². The van der Waals surface area contributed by atoms with Crippen molar-refractivity contribution in [2.75, 3.05) is 7.05 Å². The Labute approximate surface area is 126 Å². The summed E-state index contributed by atoms with van der Waals surface area (Å²) in [6, 6.07) is 3.87. The Bertz CT molecular complexity index is 546. The fourth-order valence-electron chi connectivity index (χ4n) is 1.74. The molecule has 2 aromatic rings. The van der Waals surface area contributed by atoms with Gasteiger partial charge in [-0.05, 0) is 43.8 Å². The Hall–Kier alpha value is -0.530. The normalized spacial score (nSPS) is 16.1. The lowest BCUT2D eigenvalue weighted by Crippen LogP contribution is -2.36. The lowest BCUT2D eigenvalue weighted by Gasteiger charge is -2.23. The minimum Gasteiger partial charge on any atom is -0.479 e. The molecule has 2 aromatic heterocycles. The van der Waals surface area contributed by atoms with E-state index in [1.807, 2.05) is 29.8 Å². The summed E-state index contributed by atoms with van der Waals surface area (Å²) in [5.74, 6) is 0.808. The molecular weight excluding hydrogens is 298 g/mol. The van der Waals surface area contributed by atoms with Gasteiger partial charge in [0, 0.05) is 5.56 Å². The molecule has 0 fully saturated rings. The third kappa shape index (κ3) is 3.14. The van der Waals surface area contributed by atoms with Gasteiger partial charge in [-0.1, -0.05) is 0 Å². The van der Waals surface area contributed by atoms with Gasteiger partial charge in [-0.25, -0.2) is 0 Å². The van der Waals surface area contributed by atoms with E-state index in [0.717, 1.165) is 21.1 Å². The molecule has 0 bridgehead atoms. The van der Waals surface area contributed by atoms with E-state index >= 15 is 0 Å². The van der Waals surface area contributed by atoms with Crippen LogP contribution < -0.4 is 10.1 Å². The molecular formula is C13H17NO2S3. The highest BCUT2D eigenvalue weighted by atomic mass is 32.1. The number of aliphatic hydroxyl groups is 1. The van der Waals surface area contributed by atoms with E-state index in [0.29, 0.717) is 0 Å². The highest BCUT2D eigenvalue weighted by Gasteiger charge is 2.27. The van der Waals surface area contributed by atoms with Gasteiger partial charge in [-0.2, -0.15) is 0 Å². The van der Waals surface area contributed by atoms with Crippen molar-refractivity contribution < 1.29 is 9.84 Å². The zero-order chi connectivity index (χ0) is 14.0. The van der Waals surface area contributed by atoms with Crippen LogP contribution in [0.1, 0.15) is 19.4 Å². The zero-order valence-electron chi connectivity index (χ0n) is 11.0. The Balaban J connectivity index is 2.44. The Morgan fingerprint density at radius 2 is 1.95 bits per heavy atom. The molecule has 1 unspecified atom stereocenters. The molecule has 0 amide bonds. The molecule has 19 heavy (non-hydrogen) atoms. The van der Waals surface area contributed by atoms with Crippen LogP contribution in [0.3, 0.4) is 0 Å². The summed E-state index contributed by atoms with van der Waals surface area (Å²) in [7, 11) is 1.74. The van der Waals surface area contributed by atoms with Crippen molar-refractivity contribution in [3.05, 3.63) is 28.5 Å². The van der Waals surface area contributed by atoms with Crippen molar-refractivity contribution in [3.63, 3.8) is 0 Å². The molecule has 2 heterocycles. The van der Waals surface area contributed by atoms with Gasteiger partial charge in [0.25, 0.3) is 0 Å². The predicted molar refractivity (Wildman–Crippen MR) is 85.3 cm³/mol. The van der Waals surface area contributed by atoms with Crippen molar-refractivity contribution in [1.29, 1.82) is 0 Å². The molecule has 3 nitrogen and oxygen atoms in total. The Morgan fingerprint density at radius 1 is 1.32 bits per heavy atom. The van der Waals surface area contributed by atoms with Crippen molar-refractivity contribution >= 4 is 35.3 Å². The number of thiophene rings is 2. The number of hydrogen-bond acceptors (Lipinski definition) is 6. The summed E-state index contributed by atoms with van der Waals surface area (Å²) in [6.45, 7) is 3.62. The van der Waals surface area contributed by atoms with Crippen LogP contribution in [-0.4, -0.2) is 17.6 Å². The summed E-state index contributed by atoms with van der Waals surface area (Å²) in [5, 5.41) is 17.3. The van der Waals surface area contributed by atoms with E-state index in [2.05, 4.69) is 17.9 Å². The average Bonchev–Trinajstić information content (AvgIpc) is 2.95. The van der Waals surface area contributed by atoms with Gasteiger partial charge in [0.15, 0.2) is 0 Å². The second-order valence-corrected chi connectivity index (χ2v) is 6.88. The second-order valence-electron chi connectivity index (χ2n) is 4.32. The Kier molecular flexibility index (Phi) is 4.58. The fourth-order valence-corrected chi connectivity index (χ4v) is 3.86. The van der Waals surface area contributed by atoms with Crippen LogP contribution in [0.25, 0.3) is 9.75 Å². The van der Waals surface area contributed by atoms with E-state index in [-0.39, 0.29) is 5.44 Å². The molecule has 0 saturated heterocycles. The number of rotatable bonds is 5. The monoisotopic (exact) mass is 315 g/mol. The van der Waals surface area contributed by atoms with E-state index in [1.54, 1.807) is 36.6 Å². The van der Waals surface area contributed by atoms with Crippen LogP contribution >= 0.6 is 35.3 Å². The molecule has 0 aliphatic carbocycles. The average molecular weight is 315 g/mol. The second kappa shape index (κ2) is 5.85. The summed E-state index contributed by atoms with van der Waals surface area (Å²) in [4.78, 5) is 2.06. The van der Waals surface area contributed by atoms with E-state index in [1.165, 1.54) is 0 Å². The van der Waals surface area contributed by atoms with E-state index in [9.17, 15) is 5.11 Å². The lowest BCUT2D eigenvalue weighted by molar-refractivity contribution is 0.0292. The molecule has 0 spiro atoms. The SMILES string of the molecule is CNC(C)(O)c1ccsc1-c1sccc1O[C@@H](C)S. The van der Waals surface area contributed by atoms with Crippen molar-refractivity contribution in [1.82, 2.24) is 5.32 Å². The first-order valence-corrected chi connectivity index (χ1v) is 8.15. The number of nitrogens with one attached hydrogen (secondary N) is 1. The van der Waals surface area contributed by atoms with Crippen LogP contribution in [0.5, 0.6) is 5.75 Å². The molecule has 2 atom stereocenters. The largest absolute Gasteiger partial charge is 0.479 e. The maximum Gasteiger partial charge on any atom is 0.140 e. The van der Waals surface area contributed by atoms with Gasteiger partial charge in [0.05, 0.1) is 9.75 Å². The molecule has 104 valence electrons. The number of hydrogen-bond donors (Lipinski definition) is 3. The molecule has 0 aliphatic rings. The first-order chi connectivity index (χ1) is 8.95. The lowest BCUT2D eigenvalue weighted by atomic mass is 10.1. The maximum atomic E-state index is 10.4. The summed E-state index contributed by atoms with van der Waals surface area (Å²) in [6.07, 6.45) is 0. The van der Waals surface area contributed by atoms with E-state index in [4.69, 9.17) is 4.74 Å². The van der Waals surface area contributed by atoms with Crippen LogP contribution in [0.4, 0.5) is 0 Å². The highest BCUT2D eigenvalue weighted by molar-refractivity contribution is 7.80. The van der Waals surface area contributed by atoms with Crippen molar-refractivity contribution in [2.24, 2.45) is 0 Å². The quantitative estimate of drug-likeness (QED) is 0.584. The number of ether oxygens (including phenoxy) is 1. The molecule has 6 heteroatoms. The van der Waals surface area contributed by atoms with Gasteiger partial charge in [-0.15, -0.1) is 35.3 Å². The van der Waals surface area contributed by atoms with Gasteiger partial charge in [0.2, 0.25) is 0 Å². The molecule has 2 N–H and O–H groups in total. The summed E-state index contributed by atoms with van der Waals surface area (Å²) < 4.78 is 5.69. The summed E-state index contributed by atoms with van der Waals surface area (Å²) >= 11 is 7.45. The fraction of sp³-hybridized carbons (Fsp3) is 0.385. The topological polar surface area (TPSA) is 41.5 Å². The van der Waals surface area contributed by atoms with Crippen LogP contribution in [0.2, 0.25) is 0 Å². The first-order valence-electron chi connectivity index (χ1n) is 5.87. The van der Waals surface area contributed by atoms with E-state index < -0.39 is 5.72 Å². The van der Waals surface area contributed by atoms with Crippen molar-refractivity contribution in [2.45, 2.75) is 25.0 Å². The molecule has 2 rings (SSSR count). The molecule has 0 aliphatic heterocycles. The standard InChI is InChI=1S/C13H17NO2S3/c1-8(17)16-10-5-7-19-12(10)11-9(4-6-18-11)13(2,15)14-3/h4-8,14-15,17H,1-3H3/t8-,13?/m1/s1. The smallest absolute Gasteiger partial charge is 0.140 e. The van der Waals surface area contributed by atoms with Crippen molar-refractivity contribution in [3.8, 4) is 15.5 Å². The third-order valence-electron chi connectivity index (χ3n) is 2.81. The van der Waals surface area contributed by atoms with Gasteiger partial charge < -0.3 is 9.84 Å². The van der Waals surface area contributed by atoms with Crippen LogP contribution in [-0.2, 0) is 5.72 Å². The van der Waals surface area contributed by atoms with Gasteiger partial charge >= 0.3 is 0 Å². The predicted octanol–water partition coefficient (Wildman–Crippen LogP) is 3.52. The van der Waals surface area contributed by atoms with Crippen LogP contribution in [0.15, 0.2) is 22.9 Å². The maximum absolute atomic E-state index is 10.4. The van der Waals surface area contributed by atoms with Crippen LogP contribution in [0, 0.1) is 0 Å². The molecule has 0 saturated carbocycles. The number of thiol groups is 1. The Morgan fingerprint density at radius 3 is 2.58 bits per heavy atom. The minimum atomic E-state index is -1.05. The molecule has 0 radical (unpaired) electrons. The zero-order valence-corrected chi connectivity index (χ0v) is 13.5. The third-order valence-corrected chi connectivity index (χ3v) is 4.89. The molecule has 0 aromatic carbocycles. The van der Waals surface area contributed by atoms with Gasteiger partial charge in [-0.3, -0.25) is 5.32 Å². The highest BCUT2D eigenvalue weighted by Crippen LogP contribution is 2.43. The summed E-state index contributed by atoms with van der Waals surface area (Å²) in [5.41, 5.74) is -0.357. The minimum absolute atomic E-state index is 0.165.